The normalized spacial score (nSPS) is 9.95. The van der Waals surface area contributed by atoms with E-state index in [1.165, 1.54) is 6.07 Å². The van der Waals surface area contributed by atoms with E-state index in [1.807, 2.05) is 6.07 Å². The van der Waals surface area contributed by atoms with E-state index in [1.54, 1.807) is 24.3 Å². The van der Waals surface area contributed by atoms with Crippen LogP contribution in [0.15, 0.2) is 42.5 Å². The summed E-state index contributed by atoms with van der Waals surface area (Å²) in [7, 11) is 0. The van der Waals surface area contributed by atoms with Gasteiger partial charge in [-0.05, 0) is 36.2 Å². The number of aryl methyl sites for hydroxylation is 1. The third-order valence-corrected chi connectivity index (χ3v) is 2.95. The summed E-state index contributed by atoms with van der Waals surface area (Å²) in [6.45, 7) is 0. The fourth-order valence-electron chi connectivity index (χ4n) is 1.82. The van der Waals surface area contributed by atoms with Gasteiger partial charge < -0.3 is 5.32 Å². The molecule has 0 aliphatic rings. The van der Waals surface area contributed by atoms with Crippen LogP contribution in [-0.4, -0.2) is 5.91 Å². The Balaban J connectivity index is 1.94. The molecule has 2 aromatic rings. The highest BCUT2D eigenvalue weighted by atomic mass is 19.1. The van der Waals surface area contributed by atoms with Gasteiger partial charge in [-0.2, -0.15) is 5.26 Å². The number of anilines is 1. The molecule has 0 heterocycles. The maximum absolute atomic E-state index is 13.4. The lowest BCUT2D eigenvalue weighted by molar-refractivity contribution is -0.116. The van der Waals surface area contributed by atoms with E-state index in [0.29, 0.717) is 12.0 Å². The van der Waals surface area contributed by atoms with Gasteiger partial charge in [0.2, 0.25) is 5.91 Å². The van der Waals surface area contributed by atoms with E-state index in [9.17, 15) is 13.6 Å². The predicted molar refractivity (Wildman–Crippen MR) is 74.5 cm³/mol. The summed E-state index contributed by atoms with van der Waals surface area (Å²) < 4.78 is 26.7. The summed E-state index contributed by atoms with van der Waals surface area (Å²) in [5.74, 6) is -2.08. The molecule has 0 saturated heterocycles. The van der Waals surface area contributed by atoms with Crippen LogP contribution in [-0.2, 0) is 11.2 Å². The Bertz CT molecular complexity index is 670. The molecule has 3 nitrogen and oxygen atoms in total. The van der Waals surface area contributed by atoms with Gasteiger partial charge in [0, 0.05) is 6.42 Å². The Morgan fingerprint density at radius 2 is 1.71 bits per heavy atom. The highest BCUT2D eigenvalue weighted by Gasteiger charge is 2.11. The quantitative estimate of drug-likeness (QED) is 0.936. The Hall–Kier alpha value is -2.74. The van der Waals surface area contributed by atoms with Gasteiger partial charge in [0.05, 0.1) is 11.6 Å². The number of hydrogen-bond donors (Lipinski definition) is 1. The minimum absolute atomic E-state index is 0.0969. The number of para-hydroxylation sites is 1. The van der Waals surface area contributed by atoms with Crippen molar-refractivity contribution in [2.24, 2.45) is 0 Å². The van der Waals surface area contributed by atoms with Crippen LogP contribution >= 0.6 is 0 Å². The maximum Gasteiger partial charge on any atom is 0.224 e. The van der Waals surface area contributed by atoms with Gasteiger partial charge in [0.15, 0.2) is 0 Å². The highest BCUT2D eigenvalue weighted by molar-refractivity contribution is 5.91. The number of rotatable bonds is 4. The van der Waals surface area contributed by atoms with E-state index < -0.39 is 23.2 Å². The Morgan fingerprint density at radius 1 is 1.10 bits per heavy atom. The van der Waals surface area contributed by atoms with Crippen LogP contribution in [0.1, 0.15) is 17.5 Å². The molecule has 1 N–H and O–H groups in total. The number of carbonyl (C=O) groups excluding carboxylic acids is 1. The van der Waals surface area contributed by atoms with E-state index in [0.717, 1.165) is 17.7 Å². The summed E-state index contributed by atoms with van der Waals surface area (Å²) in [5.41, 5.74) is 0.983. The van der Waals surface area contributed by atoms with Crippen molar-refractivity contribution < 1.29 is 13.6 Å². The molecule has 0 unspecified atom stereocenters. The molecule has 2 aromatic carbocycles. The minimum atomic E-state index is -0.804. The summed E-state index contributed by atoms with van der Waals surface area (Å²) in [5, 5.41) is 10.9. The molecule has 0 saturated carbocycles. The molecule has 0 atom stereocenters. The van der Waals surface area contributed by atoms with Crippen molar-refractivity contribution in [3.63, 3.8) is 0 Å². The second-order valence-corrected chi connectivity index (χ2v) is 4.45. The van der Waals surface area contributed by atoms with E-state index in [2.05, 4.69) is 5.32 Å². The molecular weight excluding hydrogens is 274 g/mol. The number of nitrogens with one attached hydrogen (secondary N) is 1. The van der Waals surface area contributed by atoms with Crippen LogP contribution in [0, 0.1) is 23.0 Å². The lowest BCUT2D eigenvalue weighted by atomic mass is 10.1. The molecule has 5 heteroatoms. The van der Waals surface area contributed by atoms with E-state index in [-0.39, 0.29) is 6.42 Å². The van der Waals surface area contributed by atoms with Gasteiger partial charge in [-0.15, -0.1) is 0 Å². The first-order valence-electron chi connectivity index (χ1n) is 6.33. The topological polar surface area (TPSA) is 52.9 Å². The first kappa shape index (κ1) is 14.7. The van der Waals surface area contributed by atoms with E-state index in [4.69, 9.17) is 5.26 Å². The standard InChI is InChI=1S/C16H12F2N2O/c17-13-2-1-3-14(18)16(13)20-15(21)9-8-11-4-6-12(10-19)7-5-11/h1-7H,8-9H2,(H,20,21). The van der Waals surface area contributed by atoms with Crippen LogP contribution in [0.4, 0.5) is 14.5 Å². The van der Waals surface area contributed by atoms with Crippen LogP contribution in [0.2, 0.25) is 0 Å². The fourth-order valence-corrected chi connectivity index (χ4v) is 1.82. The first-order valence-corrected chi connectivity index (χ1v) is 6.33. The highest BCUT2D eigenvalue weighted by Crippen LogP contribution is 2.18. The summed E-state index contributed by atoms with van der Waals surface area (Å²) >= 11 is 0. The van der Waals surface area contributed by atoms with Gasteiger partial charge in [-0.3, -0.25) is 4.79 Å². The van der Waals surface area contributed by atoms with Gasteiger partial charge in [-0.1, -0.05) is 18.2 Å². The van der Waals surface area contributed by atoms with Crippen molar-refractivity contribution in [1.82, 2.24) is 0 Å². The number of nitrogens with zero attached hydrogens (tertiary/aromatic N) is 1. The lowest BCUT2D eigenvalue weighted by Crippen LogP contribution is -2.14. The average Bonchev–Trinajstić information content (AvgIpc) is 2.49. The van der Waals surface area contributed by atoms with Gasteiger partial charge in [0.1, 0.15) is 17.3 Å². The molecule has 2 rings (SSSR count). The Labute approximate surface area is 120 Å². The molecule has 0 fully saturated rings. The predicted octanol–water partition coefficient (Wildman–Crippen LogP) is 3.41. The zero-order valence-corrected chi connectivity index (χ0v) is 11.1. The smallest absolute Gasteiger partial charge is 0.224 e. The molecule has 0 aliphatic carbocycles. The molecule has 0 aromatic heterocycles. The van der Waals surface area contributed by atoms with Crippen molar-refractivity contribution in [2.45, 2.75) is 12.8 Å². The Kier molecular flexibility index (Phi) is 4.62. The second kappa shape index (κ2) is 6.62. The summed E-state index contributed by atoms with van der Waals surface area (Å²) in [4.78, 5) is 11.7. The average molecular weight is 286 g/mol. The van der Waals surface area contributed by atoms with Gasteiger partial charge >= 0.3 is 0 Å². The van der Waals surface area contributed by atoms with Crippen molar-refractivity contribution in [1.29, 1.82) is 5.26 Å². The van der Waals surface area contributed by atoms with Crippen molar-refractivity contribution in [2.75, 3.05) is 5.32 Å². The van der Waals surface area contributed by atoms with Crippen molar-refractivity contribution in [3.8, 4) is 6.07 Å². The van der Waals surface area contributed by atoms with Crippen LogP contribution in [0.5, 0.6) is 0 Å². The van der Waals surface area contributed by atoms with Crippen LogP contribution in [0.25, 0.3) is 0 Å². The molecular formula is C16H12F2N2O. The van der Waals surface area contributed by atoms with Crippen LogP contribution in [0.3, 0.4) is 0 Å². The molecule has 0 bridgehead atoms. The Morgan fingerprint density at radius 3 is 2.29 bits per heavy atom. The molecule has 106 valence electrons. The number of carbonyl (C=O) groups is 1. The monoisotopic (exact) mass is 286 g/mol. The number of nitriles is 1. The van der Waals surface area contributed by atoms with Crippen molar-refractivity contribution >= 4 is 11.6 Å². The zero-order valence-electron chi connectivity index (χ0n) is 11.1. The third-order valence-electron chi connectivity index (χ3n) is 2.95. The van der Waals surface area contributed by atoms with Crippen LogP contribution < -0.4 is 5.32 Å². The fraction of sp³-hybridized carbons (Fsp3) is 0.125. The molecule has 0 radical (unpaired) electrons. The first-order chi connectivity index (χ1) is 10.1. The molecule has 0 spiro atoms. The number of hydrogen-bond acceptors (Lipinski definition) is 2. The lowest BCUT2D eigenvalue weighted by Gasteiger charge is -2.07. The minimum Gasteiger partial charge on any atom is -0.321 e. The third kappa shape index (κ3) is 3.86. The largest absolute Gasteiger partial charge is 0.321 e. The van der Waals surface area contributed by atoms with E-state index >= 15 is 0 Å². The number of amides is 1. The molecule has 21 heavy (non-hydrogen) atoms. The summed E-state index contributed by atoms with van der Waals surface area (Å²) in [6.07, 6.45) is 0.521. The maximum atomic E-state index is 13.4. The zero-order chi connectivity index (χ0) is 15.2. The SMILES string of the molecule is N#Cc1ccc(CCC(=O)Nc2c(F)cccc2F)cc1. The number of halogens is 2. The molecule has 0 aliphatic heterocycles. The van der Waals surface area contributed by atoms with Crippen molar-refractivity contribution in [3.05, 3.63) is 65.2 Å². The second-order valence-electron chi connectivity index (χ2n) is 4.45. The number of benzene rings is 2. The van der Waals surface area contributed by atoms with Gasteiger partial charge in [-0.25, -0.2) is 8.78 Å². The molecule has 1 amide bonds. The summed E-state index contributed by atoms with van der Waals surface area (Å²) in [6, 6.07) is 12.2. The van der Waals surface area contributed by atoms with Gasteiger partial charge in [0.25, 0.3) is 0 Å².